The van der Waals surface area contributed by atoms with E-state index in [1.165, 1.54) is 6.42 Å². The van der Waals surface area contributed by atoms with Crippen LogP contribution in [-0.4, -0.2) is 22.2 Å². The molecule has 2 rings (SSSR count). The van der Waals surface area contributed by atoms with Gasteiger partial charge in [0.05, 0.1) is 6.04 Å². The molecule has 0 radical (unpaired) electrons. The second kappa shape index (κ2) is 6.53. The summed E-state index contributed by atoms with van der Waals surface area (Å²) in [5.41, 5.74) is 1.63. The fourth-order valence-corrected chi connectivity index (χ4v) is 2.32. The Morgan fingerprint density at radius 3 is 2.68 bits per heavy atom. The Balaban J connectivity index is 2.08. The van der Waals surface area contributed by atoms with Crippen LogP contribution in [0.15, 0.2) is 36.4 Å². The van der Waals surface area contributed by atoms with E-state index in [2.05, 4.69) is 6.08 Å². The third-order valence-corrected chi connectivity index (χ3v) is 3.55. The molecule has 1 unspecified atom stereocenters. The van der Waals surface area contributed by atoms with E-state index in [-0.39, 0.29) is 11.9 Å². The van der Waals surface area contributed by atoms with Crippen LogP contribution >= 0.6 is 0 Å². The number of hydrogen-bond donors (Lipinski definition) is 1. The van der Waals surface area contributed by atoms with Gasteiger partial charge >= 0.3 is 0 Å². The van der Waals surface area contributed by atoms with Crippen molar-refractivity contribution >= 4 is 5.91 Å². The molecule has 3 heteroatoms. The predicted octanol–water partition coefficient (Wildman–Crippen LogP) is 3.72. The van der Waals surface area contributed by atoms with Gasteiger partial charge in [-0.3, -0.25) is 10.0 Å². The van der Waals surface area contributed by atoms with Crippen molar-refractivity contribution in [2.75, 3.05) is 0 Å². The van der Waals surface area contributed by atoms with E-state index >= 15 is 0 Å². The topological polar surface area (TPSA) is 40.5 Å². The molecule has 0 aliphatic heterocycles. The average molecular weight is 259 g/mol. The maximum Gasteiger partial charge on any atom is 0.277 e. The first-order valence-electron chi connectivity index (χ1n) is 6.94. The fourth-order valence-electron chi connectivity index (χ4n) is 2.32. The van der Waals surface area contributed by atoms with Crippen LogP contribution in [0.4, 0.5) is 0 Å². The quantitative estimate of drug-likeness (QED) is 0.499. The standard InChI is InChI=1S/C16H21NO2/c1-13-9-11-14(12-10-13)16(18)17(19)15-7-5-3-2-4-6-8-15/h5,7,9-12,15,19H,2-4,6,8H2,1H3/b7-5-. The largest absolute Gasteiger partial charge is 0.285 e. The van der Waals surface area contributed by atoms with Crippen LogP contribution in [0.5, 0.6) is 0 Å². The lowest BCUT2D eigenvalue weighted by Crippen LogP contribution is -2.36. The van der Waals surface area contributed by atoms with Crippen LogP contribution in [0.3, 0.4) is 0 Å². The Morgan fingerprint density at radius 2 is 1.95 bits per heavy atom. The van der Waals surface area contributed by atoms with Crippen molar-refractivity contribution in [3.63, 3.8) is 0 Å². The summed E-state index contributed by atoms with van der Waals surface area (Å²) in [6.45, 7) is 1.97. The summed E-state index contributed by atoms with van der Waals surface area (Å²) in [5.74, 6) is -0.324. The van der Waals surface area contributed by atoms with Gasteiger partial charge in [0.15, 0.2) is 0 Å². The number of hydroxylamine groups is 2. The minimum absolute atomic E-state index is 0.200. The number of carbonyl (C=O) groups excluding carboxylic acids is 1. The van der Waals surface area contributed by atoms with Gasteiger partial charge in [-0.25, -0.2) is 5.06 Å². The highest BCUT2D eigenvalue weighted by molar-refractivity contribution is 5.93. The van der Waals surface area contributed by atoms with Crippen LogP contribution in [0, 0.1) is 6.92 Å². The molecule has 1 aromatic rings. The Labute approximate surface area is 114 Å². The predicted molar refractivity (Wildman–Crippen MR) is 75.1 cm³/mol. The zero-order valence-corrected chi connectivity index (χ0v) is 11.4. The smallest absolute Gasteiger partial charge is 0.277 e. The lowest BCUT2D eigenvalue weighted by Gasteiger charge is -2.24. The number of hydrogen-bond acceptors (Lipinski definition) is 2. The minimum atomic E-state index is -0.324. The number of carbonyl (C=O) groups is 1. The molecule has 0 heterocycles. The first-order chi connectivity index (χ1) is 9.18. The number of nitrogens with zero attached hydrogens (tertiary/aromatic N) is 1. The molecular formula is C16H21NO2. The normalized spacial score (nSPS) is 21.3. The van der Waals surface area contributed by atoms with Crippen molar-refractivity contribution in [1.29, 1.82) is 0 Å². The van der Waals surface area contributed by atoms with Gasteiger partial charge in [-0.1, -0.05) is 42.7 Å². The molecule has 0 fully saturated rings. The Hall–Kier alpha value is -1.61. The van der Waals surface area contributed by atoms with Gasteiger partial charge in [0, 0.05) is 5.56 Å². The van der Waals surface area contributed by atoms with Crippen LogP contribution in [0.1, 0.15) is 48.0 Å². The van der Waals surface area contributed by atoms with Crippen molar-refractivity contribution < 1.29 is 10.0 Å². The first-order valence-corrected chi connectivity index (χ1v) is 6.94. The molecule has 0 spiro atoms. The van der Waals surface area contributed by atoms with Crippen molar-refractivity contribution in [2.45, 2.75) is 45.1 Å². The van der Waals surface area contributed by atoms with Gasteiger partial charge in [-0.2, -0.15) is 0 Å². The van der Waals surface area contributed by atoms with Crippen LogP contribution in [0.2, 0.25) is 0 Å². The van der Waals surface area contributed by atoms with E-state index in [1.807, 2.05) is 25.1 Å². The molecule has 1 aromatic carbocycles. The molecule has 102 valence electrons. The van der Waals surface area contributed by atoms with Gasteiger partial charge in [0.2, 0.25) is 0 Å². The first kappa shape index (κ1) is 13.8. The zero-order valence-electron chi connectivity index (χ0n) is 11.4. The Kier molecular flexibility index (Phi) is 4.74. The van der Waals surface area contributed by atoms with Crippen LogP contribution in [0.25, 0.3) is 0 Å². The highest BCUT2D eigenvalue weighted by atomic mass is 16.5. The van der Waals surface area contributed by atoms with E-state index in [1.54, 1.807) is 12.1 Å². The summed E-state index contributed by atoms with van der Waals surface area (Å²) in [7, 11) is 0. The molecule has 0 saturated carbocycles. The number of aryl methyl sites for hydroxylation is 1. The van der Waals surface area contributed by atoms with Crippen molar-refractivity contribution in [2.24, 2.45) is 0 Å². The Bertz CT molecular complexity index is 450. The number of rotatable bonds is 2. The lowest BCUT2D eigenvalue weighted by atomic mass is 10.0. The number of amides is 1. The average Bonchev–Trinajstić information content (AvgIpc) is 2.38. The maximum absolute atomic E-state index is 12.2. The van der Waals surface area contributed by atoms with E-state index < -0.39 is 0 Å². The zero-order chi connectivity index (χ0) is 13.7. The summed E-state index contributed by atoms with van der Waals surface area (Å²) >= 11 is 0. The molecule has 0 saturated heterocycles. The summed E-state index contributed by atoms with van der Waals surface area (Å²) < 4.78 is 0. The second-order valence-corrected chi connectivity index (χ2v) is 5.15. The molecule has 0 bridgehead atoms. The molecular weight excluding hydrogens is 238 g/mol. The SMILES string of the molecule is Cc1ccc(C(=O)N(O)C2/C=C\CCCCC2)cc1. The van der Waals surface area contributed by atoms with Crippen molar-refractivity contribution in [3.8, 4) is 0 Å². The fraction of sp³-hybridized carbons (Fsp3) is 0.438. The van der Waals surface area contributed by atoms with Crippen LogP contribution in [-0.2, 0) is 0 Å². The molecule has 19 heavy (non-hydrogen) atoms. The highest BCUT2D eigenvalue weighted by Gasteiger charge is 2.21. The van der Waals surface area contributed by atoms with Crippen LogP contribution < -0.4 is 0 Å². The number of allylic oxidation sites excluding steroid dienone is 1. The van der Waals surface area contributed by atoms with Gasteiger partial charge in [0.25, 0.3) is 5.91 Å². The molecule has 1 aliphatic carbocycles. The van der Waals surface area contributed by atoms with Crippen molar-refractivity contribution in [3.05, 3.63) is 47.5 Å². The molecule has 1 atom stereocenters. The third kappa shape index (κ3) is 3.67. The minimum Gasteiger partial charge on any atom is -0.285 e. The van der Waals surface area contributed by atoms with Gasteiger partial charge in [-0.15, -0.1) is 0 Å². The van der Waals surface area contributed by atoms with E-state index in [0.29, 0.717) is 5.56 Å². The van der Waals surface area contributed by atoms with Gasteiger partial charge in [-0.05, 0) is 38.3 Å². The van der Waals surface area contributed by atoms with Gasteiger partial charge < -0.3 is 0 Å². The molecule has 1 N–H and O–H groups in total. The van der Waals surface area contributed by atoms with Crippen molar-refractivity contribution in [1.82, 2.24) is 5.06 Å². The molecule has 1 amide bonds. The molecule has 3 nitrogen and oxygen atoms in total. The summed E-state index contributed by atoms with van der Waals surface area (Å²) in [6.07, 6.45) is 9.27. The molecule has 0 aromatic heterocycles. The summed E-state index contributed by atoms with van der Waals surface area (Å²) in [4.78, 5) is 12.2. The van der Waals surface area contributed by atoms with E-state index in [4.69, 9.17) is 0 Å². The number of benzene rings is 1. The Morgan fingerprint density at radius 1 is 1.21 bits per heavy atom. The maximum atomic E-state index is 12.2. The lowest BCUT2D eigenvalue weighted by molar-refractivity contribution is -0.0789. The third-order valence-electron chi connectivity index (χ3n) is 3.55. The summed E-state index contributed by atoms with van der Waals surface area (Å²) in [5, 5.41) is 11.0. The monoisotopic (exact) mass is 259 g/mol. The summed E-state index contributed by atoms with van der Waals surface area (Å²) in [6, 6.07) is 7.08. The van der Waals surface area contributed by atoms with E-state index in [0.717, 1.165) is 36.3 Å². The second-order valence-electron chi connectivity index (χ2n) is 5.15. The van der Waals surface area contributed by atoms with Gasteiger partial charge in [0.1, 0.15) is 0 Å². The molecule has 1 aliphatic rings. The van der Waals surface area contributed by atoms with E-state index in [9.17, 15) is 10.0 Å². The highest BCUT2D eigenvalue weighted by Crippen LogP contribution is 2.17.